The first-order chi connectivity index (χ1) is 4.22. The molecular formula is C6H10O3. The summed E-state index contributed by atoms with van der Waals surface area (Å²) < 4.78 is 4.37. The lowest BCUT2D eigenvalue weighted by atomic mass is 10.1. The second kappa shape index (κ2) is 4.06. The molecule has 0 aliphatic heterocycles. The molecule has 0 aliphatic carbocycles. The summed E-state index contributed by atoms with van der Waals surface area (Å²) >= 11 is 0. The Kier molecular flexibility index (Phi) is 3.67. The standard InChI is InChI=1S/C6H10O3/c1-5(3-4-7)6(8)9-2/h4-5H,3H2,1-2H3. The lowest BCUT2D eigenvalue weighted by Gasteiger charge is -2.02. The average Bonchev–Trinajstić information content (AvgIpc) is 1.87. The first-order valence-corrected chi connectivity index (χ1v) is 2.73. The van der Waals surface area contributed by atoms with Gasteiger partial charge in [0, 0.05) is 6.42 Å². The van der Waals surface area contributed by atoms with Crippen molar-refractivity contribution in [2.24, 2.45) is 5.92 Å². The van der Waals surface area contributed by atoms with Gasteiger partial charge in [-0.05, 0) is 0 Å². The van der Waals surface area contributed by atoms with Gasteiger partial charge < -0.3 is 9.53 Å². The second-order valence-electron chi connectivity index (χ2n) is 1.83. The Labute approximate surface area is 54.0 Å². The van der Waals surface area contributed by atoms with Crippen molar-refractivity contribution in [2.75, 3.05) is 7.11 Å². The predicted octanol–water partition coefficient (Wildman–Crippen LogP) is 0.384. The lowest BCUT2D eigenvalue weighted by molar-refractivity contribution is -0.145. The van der Waals surface area contributed by atoms with E-state index in [0.29, 0.717) is 6.29 Å². The van der Waals surface area contributed by atoms with Gasteiger partial charge in [0.2, 0.25) is 0 Å². The molecule has 0 rings (SSSR count). The van der Waals surface area contributed by atoms with Crippen LogP contribution in [0.1, 0.15) is 13.3 Å². The molecule has 3 nitrogen and oxygen atoms in total. The summed E-state index contributed by atoms with van der Waals surface area (Å²) in [5, 5.41) is 0. The van der Waals surface area contributed by atoms with Crippen LogP contribution in [0.25, 0.3) is 0 Å². The fraction of sp³-hybridized carbons (Fsp3) is 0.667. The third-order valence-electron chi connectivity index (χ3n) is 1.05. The predicted molar refractivity (Wildman–Crippen MR) is 31.9 cm³/mol. The van der Waals surface area contributed by atoms with Gasteiger partial charge in [0.15, 0.2) is 0 Å². The summed E-state index contributed by atoms with van der Waals surface area (Å²) in [6, 6.07) is 0. The van der Waals surface area contributed by atoms with Crippen molar-refractivity contribution in [3.05, 3.63) is 0 Å². The number of hydrogen-bond donors (Lipinski definition) is 0. The molecular weight excluding hydrogens is 120 g/mol. The highest BCUT2D eigenvalue weighted by molar-refractivity contribution is 5.74. The highest BCUT2D eigenvalue weighted by Gasteiger charge is 2.10. The van der Waals surface area contributed by atoms with E-state index in [1.807, 2.05) is 0 Å². The van der Waals surface area contributed by atoms with Gasteiger partial charge in [-0.3, -0.25) is 4.79 Å². The van der Waals surface area contributed by atoms with Gasteiger partial charge in [-0.1, -0.05) is 6.92 Å². The molecule has 9 heavy (non-hydrogen) atoms. The summed E-state index contributed by atoms with van der Waals surface area (Å²) in [5.74, 6) is -0.630. The highest BCUT2D eigenvalue weighted by Crippen LogP contribution is 1.99. The fourth-order valence-corrected chi connectivity index (χ4v) is 0.442. The summed E-state index contributed by atoms with van der Waals surface area (Å²) in [4.78, 5) is 20.3. The van der Waals surface area contributed by atoms with Gasteiger partial charge in [0.1, 0.15) is 6.29 Å². The molecule has 0 aromatic heterocycles. The first kappa shape index (κ1) is 8.14. The topological polar surface area (TPSA) is 43.4 Å². The number of rotatable bonds is 3. The summed E-state index contributed by atoms with van der Waals surface area (Å²) in [6.07, 6.45) is 0.953. The number of methoxy groups -OCH3 is 1. The summed E-state index contributed by atoms with van der Waals surface area (Å²) in [5.41, 5.74) is 0. The van der Waals surface area contributed by atoms with Gasteiger partial charge in [0.25, 0.3) is 0 Å². The zero-order valence-electron chi connectivity index (χ0n) is 5.59. The van der Waals surface area contributed by atoms with Gasteiger partial charge >= 0.3 is 5.97 Å². The maximum absolute atomic E-state index is 10.5. The van der Waals surface area contributed by atoms with E-state index < -0.39 is 0 Å². The molecule has 0 saturated heterocycles. The van der Waals surface area contributed by atoms with Crippen LogP contribution in [-0.2, 0) is 14.3 Å². The molecule has 0 spiro atoms. The lowest BCUT2D eigenvalue weighted by Crippen LogP contribution is -2.12. The SMILES string of the molecule is COC(=O)C(C)CC=O. The van der Waals surface area contributed by atoms with Crippen molar-refractivity contribution >= 4 is 12.3 Å². The molecule has 0 heterocycles. The molecule has 0 saturated carbocycles. The molecule has 52 valence electrons. The van der Waals surface area contributed by atoms with E-state index in [4.69, 9.17) is 0 Å². The van der Waals surface area contributed by atoms with Crippen molar-refractivity contribution < 1.29 is 14.3 Å². The zero-order chi connectivity index (χ0) is 7.28. The van der Waals surface area contributed by atoms with Crippen molar-refractivity contribution in [2.45, 2.75) is 13.3 Å². The number of esters is 1. The van der Waals surface area contributed by atoms with Gasteiger partial charge in [-0.15, -0.1) is 0 Å². The van der Waals surface area contributed by atoms with E-state index in [9.17, 15) is 9.59 Å². The van der Waals surface area contributed by atoms with Crippen LogP contribution in [0.4, 0.5) is 0 Å². The minimum atomic E-state index is -0.331. The number of carbonyl (C=O) groups is 2. The van der Waals surface area contributed by atoms with Crippen LogP contribution in [0.15, 0.2) is 0 Å². The molecule has 0 bridgehead atoms. The van der Waals surface area contributed by atoms with E-state index in [0.717, 1.165) is 0 Å². The Morgan fingerprint density at radius 3 is 2.67 bits per heavy atom. The van der Waals surface area contributed by atoms with Crippen LogP contribution in [-0.4, -0.2) is 19.4 Å². The van der Waals surface area contributed by atoms with E-state index in [1.165, 1.54) is 7.11 Å². The molecule has 3 heteroatoms. The molecule has 0 aliphatic rings. The van der Waals surface area contributed by atoms with E-state index in [-0.39, 0.29) is 18.3 Å². The quantitative estimate of drug-likeness (QED) is 0.410. The van der Waals surface area contributed by atoms with Crippen molar-refractivity contribution in [3.8, 4) is 0 Å². The third-order valence-corrected chi connectivity index (χ3v) is 1.05. The van der Waals surface area contributed by atoms with Crippen molar-refractivity contribution in [3.63, 3.8) is 0 Å². The number of hydrogen-bond acceptors (Lipinski definition) is 3. The van der Waals surface area contributed by atoms with E-state index >= 15 is 0 Å². The molecule has 0 aromatic rings. The van der Waals surface area contributed by atoms with Crippen LogP contribution in [0.3, 0.4) is 0 Å². The number of ether oxygens (including phenoxy) is 1. The van der Waals surface area contributed by atoms with Crippen LogP contribution in [0.5, 0.6) is 0 Å². The smallest absolute Gasteiger partial charge is 0.308 e. The zero-order valence-corrected chi connectivity index (χ0v) is 5.59. The maximum atomic E-state index is 10.5. The molecule has 1 unspecified atom stereocenters. The minimum absolute atomic E-state index is 0.243. The molecule has 0 amide bonds. The Morgan fingerprint density at radius 1 is 1.78 bits per heavy atom. The number of carbonyl (C=O) groups excluding carboxylic acids is 2. The first-order valence-electron chi connectivity index (χ1n) is 2.73. The van der Waals surface area contributed by atoms with E-state index in [1.54, 1.807) is 6.92 Å². The molecule has 0 radical (unpaired) electrons. The van der Waals surface area contributed by atoms with Crippen LogP contribution >= 0.6 is 0 Å². The molecule has 0 fully saturated rings. The second-order valence-corrected chi connectivity index (χ2v) is 1.83. The Morgan fingerprint density at radius 2 is 2.33 bits per heavy atom. The minimum Gasteiger partial charge on any atom is -0.469 e. The largest absolute Gasteiger partial charge is 0.469 e. The number of aldehydes is 1. The molecule has 1 atom stereocenters. The van der Waals surface area contributed by atoms with Crippen molar-refractivity contribution in [1.29, 1.82) is 0 Å². The fourth-order valence-electron chi connectivity index (χ4n) is 0.442. The van der Waals surface area contributed by atoms with Gasteiger partial charge in [-0.25, -0.2) is 0 Å². The van der Waals surface area contributed by atoms with Crippen LogP contribution in [0, 0.1) is 5.92 Å². The monoisotopic (exact) mass is 130 g/mol. The highest BCUT2D eigenvalue weighted by atomic mass is 16.5. The van der Waals surface area contributed by atoms with Crippen LogP contribution in [0.2, 0.25) is 0 Å². The molecule has 0 aromatic carbocycles. The van der Waals surface area contributed by atoms with Gasteiger partial charge in [0.05, 0.1) is 13.0 Å². The summed E-state index contributed by atoms with van der Waals surface area (Å²) in [6.45, 7) is 1.65. The van der Waals surface area contributed by atoms with Crippen molar-refractivity contribution in [1.82, 2.24) is 0 Å². The Balaban J connectivity index is 3.58. The molecule has 0 N–H and O–H groups in total. The van der Waals surface area contributed by atoms with Crippen LogP contribution < -0.4 is 0 Å². The maximum Gasteiger partial charge on any atom is 0.308 e. The summed E-state index contributed by atoms with van der Waals surface area (Å²) in [7, 11) is 1.31. The Bertz CT molecular complexity index is 109. The normalized spacial score (nSPS) is 12.2. The Hall–Kier alpha value is -0.860. The van der Waals surface area contributed by atoms with E-state index in [2.05, 4.69) is 4.74 Å². The third kappa shape index (κ3) is 2.85. The average molecular weight is 130 g/mol. The van der Waals surface area contributed by atoms with Gasteiger partial charge in [-0.2, -0.15) is 0 Å².